The molecule has 3 rings (SSSR count). The minimum Gasteiger partial charge on any atom is -0.490 e. The zero-order valence-electron chi connectivity index (χ0n) is 20.0. The highest BCUT2D eigenvalue weighted by Gasteiger charge is 2.12. The first kappa shape index (κ1) is 27.2. The number of nitrogens with zero attached hydrogens (tertiary/aromatic N) is 2. The van der Waals surface area contributed by atoms with Crippen molar-refractivity contribution in [1.29, 1.82) is 0 Å². The number of hydrazone groups is 1. The molecule has 0 bridgehead atoms. The molecule has 0 saturated carbocycles. The Morgan fingerprint density at radius 1 is 1.17 bits per heavy atom. The van der Waals surface area contributed by atoms with E-state index in [1.54, 1.807) is 6.21 Å². The van der Waals surface area contributed by atoms with Crippen LogP contribution >= 0.6 is 39.0 Å². The Kier molecular flexibility index (Phi) is 11.6. The second kappa shape index (κ2) is 14.9. The number of thiazole rings is 1. The minimum atomic E-state index is -0.196. The molecule has 1 heterocycles. The first-order valence-electron chi connectivity index (χ1n) is 11.7. The fourth-order valence-corrected chi connectivity index (χ4v) is 5.37. The summed E-state index contributed by atoms with van der Waals surface area (Å²) < 4.78 is 13.4. The predicted octanol–water partition coefficient (Wildman–Crippen LogP) is 7.17. The topological polar surface area (TPSA) is 72.8 Å². The number of amides is 1. The molecule has 0 aliphatic carbocycles. The van der Waals surface area contributed by atoms with Crippen LogP contribution in [0.1, 0.15) is 45.1 Å². The van der Waals surface area contributed by atoms with E-state index >= 15 is 0 Å². The molecular formula is C26H30BrN3O3S2. The average Bonchev–Trinajstić information content (AvgIpc) is 3.34. The van der Waals surface area contributed by atoms with Crippen LogP contribution in [0.4, 0.5) is 0 Å². The Labute approximate surface area is 223 Å². The standard InChI is InChI=1S/C26H30BrN3O3S2/c1-3-5-6-10-13-33-25-21(27)14-19(15-23(25)32-4-2)16-28-30-24(31)18-35-26-29-22(17-34-26)20-11-8-7-9-12-20/h7-9,11-12,14-17H,3-6,10,13,18H2,1-2H3,(H,30,31)/b28-16+. The van der Waals surface area contributed by atoms with E-state index in [9.17, 15) is 4.79 Å². The first-order chi connectivity index (χ1) is 17.1. The Morgan fingerprint density at radius 3 is 2.77 bits per heavy atom. The van der Waals surface area contributed by atoms with Crippen molar-refractivity contribution in [2.75, 3.05) is 19.0 Å². The number of hydrogen-bond acceptors (Lipinski definition) is 7. The maximum absolute atomic E-state index is 12.2. The summed E-state index contributed by atoms with van der Waals surface area (Å²) in [4.78, 5) is 16.8. The number of halogens is 1. The molecule has 186 valence electrons. The molecule has 3 aromatic rings. The lowest BCUT2D eigenvalue weighted by Crippen LogP contribution is -2.19. The van der Waals surface area contributed by atoms with Crippen molar-refractivity contribution < 1.29 is 14.3 Å². The number of nitrogens with one attached hydrogen (secondary N) is 1. The van der Waals surface area contributed by atoms with Gasteiger partial charge in [0.2, 0.25) is 0 Å². The second-order valence-corrected chi connectivity index (χ2v) is 10.6. The number of thioether (sulfide) groups is 1. The number of carbonyl (C=O) groups excluding carboxylic acids is 1. The van der Waals surface area contributed by atoms with Gasteiger partial charge in [0.1, 0.15) is 0 Å². The van der Waals surface area contributed by atoms with Gasteiger partial charge < -0.3 is 9.47 Å². The Hall–Kier alpha value is -2.36. The van der Waals surface area contributed by atoms with Crippen molar-refractivity contribution in [3.63, 3.8) is 0 Å². The van der Waals surface area contributed by atoms with Gasteiger partial charge in [-0.1, -0.05) is 68.3 Å². The summed E-state index contributed by atoms with van der Waals surface area (Å²) >= 11 is 6.50. The molecule has 0 unspecified atom stereocenters. The third-order valence-electron chi connectivity index (χ3n) is 4.86. The second-order valence-electron chi connectivity index (χ2n) is 7.62. The summed E-state index contributed by atoms with van der Waals surface area (Å²) in [5.74, 6) is 1.38. The highest BCUT2D eigenvalue weighted by atomic mass is 79.9. The summed E-state index contributed by atoms with van der Waals surface area (Å²) in [5, 5.41) is 6.10. The molecule has 2 aromatic carbocycles. The molecule has 0 aliphatic heterocycles. The van der Waals surface area contributed by atoms with Crippen molar-refractivity contribution in [2.24, 2.45) is 5.10 Å². The Balaban J connectivity index is 1.51. The van der Waals surface area contributed by atoms with Crippen molar-refractivity contribution in [3.05, 3.63) is 57.9 Å². The van der Waals surface area contributed by atoms with Gasteiger partial charge in [0.05, 0.1) is 35.3 Å². The van der Waals surface area contributed by atoms with E-state index in [4.69, 9.17) is 9.47 Å². The van der Waals surface area contributed by atoms with E-state index < -0.39 is 0 Å². The smallest absolute Gasteiger partial charge is 0.250 e. The normalized spacial score (nSPS) is 11.1. The summed E-state index contributed by atoms with van der Waals surface area (Å²) in [5.41, 5.74) is 5.35. The van der Waals surface area contributed by atoms with Crippen molar-refractivity contribution in [1.82, 2.24) is 10.4 Å². The number of benzene rings is 2. The van der Waals surface area contributed by atoms with Crippen LogP contribution < -0.4 is 14.9 Å². The van der Waals surface area contributed by atoms with Crippen molar-refractivity contribution >= 4 is 51.2 Å². The van der Waals surface area contributed by atoms with Gasteiger partial charge in [0, 0.05) is 10.9 Å². The highest BCUT2D eigenvalue weighted by Crippen LogP contribution is 2.37. The first-order valence-corrected chi connectivity index (χ1v) is 14.3. The summed E-state index contributed by atoms with van der Waals surface area (Å²) in [7, 11) is 0. The van der Waals surface area contributed by atoms with Crippen LogP contribution in [0.15, 0.2) is 61.8 Å². The van der Waals surface area contributed by atoms with E-state index in [0.29, 0.717) is 24.7 Å². The Morgan fingerprint density at radius 2 is 2.00 bits per heavy atom. The van der Waals surface area contributed by atoms with Gasteiger partial charge in [0.25, 0.3) is 5.91 Å². The highest BCUT2D eigenvalue weighted by molar-refractivity contribution is 9.10. The van der Waals surface area contributed by atoms with Crippen LogP contribution in [0.3, 0.4) is 0 Å². The van der Waals surface area contributed by atoms with Crippen LogP contribution in [-0.4, -0.2) is 36.1 Å². The molecule has 0 aliphatic rings. The van der Waals surface area contributed by atoms with E-state index in [1.165, 1.54) is 35.9 Å². The lowest BCUT2D eigenvalue weighted by Gasteiger charge is -2.14. The SMILES string of the molecule is CCCCCCOc1c(Br)cc(/C=N/NC(=O)CSc2nc(-c3ccccc3)cs2)cc1OCC. The zero-order valence-corrected chi connectivity index (χ0v) is 23.2. The summed E-state index contributed by atoms with van der Waals surface area (Å²) in [6.07, 6.45) is 6.15. The molecule has 0 radical (unpaired) electrons. The van der Waals surface area contributed by atoms with Gasteiger partial charge >= 0.3 is 0 Å². The van der Waals surface area contributed by atoms with Gasteiger partial charge in [-0.3, -0.25) is 4.79 Å². The fourth-order valence-electron chi connectivity index (χ4n) is 3.17. The molecule has 0 fully saturated rings. The molecule has 0 saturated heterocycles. The monoisotopic (exact) mass is 575 g/mol. The van der Waals surface area contributed by atoms with Crippen molar-refractivity contribution in [3.8, 4) is 22.8 Å². The van der Waals surface area contributed by atoms with Gasteiger partial charge in [-0.15, -0.1) is 11.3 Å². The largest absolute Gasteiger partial charge is 0.490 e. The molecule has 35 heavy (non-hydrogen) atoms. The quantitative estimate of drug-likeness (QED) is 0.0953. The lowest BCUT2D eigenvalue weighted by molar-refractivity contribution is -0.118. The molecule has 0 spiro atoms. The average molecular weight is 577 g/mol. The van der Waals surface area contributed by atoms with E-state index in [1.807, 2.05) is 54.8 Å². The summed E-state index contributed by atoms with van der Waals surface area (Å²) in [6, 6.07) is 13.7. The molecule has 1 N–H and O–H groups in total. The number of hydrogen-bond donors (Lipinski definition) is 1. The third-order valence-corrected chi connectivity index (χ3v) is 7.47. The minimum absolute atomic E-state index is 0.196. The van der Waals surface area contributed by atoms with Gasteiger partial charge in [0.15, 0.2) is 15.8 Å². The maximum Gasteiger partial charge on any atom is 0.250 e. The lowest BCUT2D eigenvalue weighted by atomic mass is 10.2. The van der Waals surface area contributed by atoms with Gasteiger partial charge in [-0.25, -0.2) is 10.4 Å². The van der Waals surface area contributed by atoms with Crippen LogP contribution in [-0.2, 0) is 4.79 Å². The zero-order chi connectivity index (χ0) is 24.9. The van der Waals surface area contributed by atoms with Crippen LogP contribution in [0.5, 0.6) is 11.5 Å². The molecule has 1 amide bonds. The van der Waals surface area contributed by atoms with E-state index in [0.717, 1.165) is 38.5 Å². The van der Waals surface area contributed by atoms with Crippen LogP contribution in [0.25, 0.3) is 11.3 Å². The summed E-state index contributed by atoms with van der Waals surface area (Å²) in [6.45, 7) is 5.29. The molecule has 6 nitrogen and oxygen atoms in total. The molecule has 9 heteroatoms. The van der Waals surface area contributed by atoms with E-state index in [-0.39, 0.29) is 11.7 Å². The third kappa shape index (κ3) is 8.98. The van der Waals surface area contributed by atoms with E-state index in [2.05, 4.69) is 38.4 Å². The fraction of sp³-hybridized carbons (Fsp3) is 0.346. The molecule has 0 atom stereocenters. The van der Waals surface area contributed by atoms with Crippen LogP contribution in [0, 0.1) is 0 Å². The molecule has 1 aromatic heterocycles. The van der Waals surface area contributed by atoms with Crippen LogP contribution in [0.2, 0.25) is 0 Å². The number of ether oxygens (including phenoxy) is 2. The predicted molar refractivity (Wildman–Crippen MR) is 149 cm³/mol. The maximum atomic E-state index is 12.2. The van der Waals surface area contributed by atoms with Crippen molar-refractivity contribution in [2.45, 2.75) is 43.9 Å². The number of unbranched alkanes of at least 4 members (excludes halogenated alkanes) is 3. The number of rotatable bonds is 14. The Bertz CT molecular complexity index is 1110. The number of carbonyl (C=O) groups is 1. The van der Waals surface area contributed by atoms with Gasteiger partial charge in [-0.05, 0) is 47.0 Å². The number of aromatic nitrogens is 1. The molecular weight excluding hydrogens is 546 g/mol. The van der Waals surface area contributed by atoms with Gasteiger partial charge in [-0.2, -0.15) is 5.10 Å².